The standard InChI is InChI=1S/C15H15N3O2S/c19-13-8-7-12(14(20)17-13)21-15-16-10-3-1-2-4-11(10)18(15)9-5-6-9/h1-4,9,12H,5-8H2,(H,17,19,20). The summed E-state index contributed by atoms with van der Waals surface area (Å²) in [5.41, 5.74) is 2.11. The van der Waals surface area contributed by atoms with Gasteiger partial charge in [-0.25, -0.2) is 4.98 Å². The predicted octanol–water partition coefficient (Wildman–Crippen LogP) is 2.27. The van der Waals surface area contributed by atoms with Crippen molar-refractivity contribution in [2.75, 3.05) is 0 Å². The lowest BCUT2D eigenvalue weighted by atomic mass is 10.1. The molecule has 2 fully saturated rings. The molecule has 1 aromatic heterocycles. The summed E-state index contributed by atoms with van der Waals surface area (Å²) < 4.78 is 2.25. The van der Waals surface area contributed by atoms with Crippen molar-refractivity contribution in [2.24, 2.45) is 0 Å². The molecule has 108 valence electrons. The molecule has 2 amide bonds. The van der Waals surface area contributed by atoms with Crippen LogP contribution < -0.4 is 5.32 Å². The van der Waals surface area contributed by atoms with Crippen LogP contribution in [0.5, 0.6) is 0 Å². The zero-order chi connectivity index (χ0) is 14.4. The van der Waals surface area contributed by atoms with Crippen molar-refractivity contribution in [3.63, 3.8) is 0 Å². The van der Waals surface area contributed by atoms with Crippen LogP contribution in [0.3, 0.4) is 0 Å². The summed E-state index contributed by atoms with van der Waals surface area (Å²) in [6.07, 6.45) is 3.34. The smallest absolute Gasteiger partial charge is 0.240 e. The quantitative estimate of drug-likeness (QED) is 0.883. The molecule has 21 heavy (non-hydrogen) atoms. The van der Waals surface area contributed by atoms with Crippen molar-refractivity contribution in [3.8, 4) is 0 Å². The molecule has 2 aromatic rings. The van der Waals surface area contributed by atoms with Crippen LogP contribution >= 0.6 is 11.8 Å². The number of fused-ring (bicyclic) bond motifs is 1. The highest BCUT2D eigenvalue weighted by Gasteiger charge is 2.32. The van der Waals surface area contributed by atoms with Crippen LogP contribution in [-0.2, 0) is 9.59 Å². The van der Waals surface area contributed by atoms with E-state index in [0.717, 1.165) is 16.2 Å². The molecule has 1 aromatic carbocycles. The van der Waals surface area contributed by atoms with E-state index in [-0.39, 0.29) is 17.1 Å². The fourth-order valence-corrected chi connectivity index (χ4v) is 3.87. The fourth-order valence-electron chi connectivity index (χ4n) is 2.70. The summed E-state index contributed by atoms with van der Waals surface area (Å²) in [5, 5.41) is 3.08. The van der Waals surface area contributed by atoms with Gasteiger partial charge in [-0.05, 0) is 31.4 Å². The summed E-state index contributed by atoms with van der Waals surface area (Å²) in [5.74, 6) is -0.363. The molecule has 6 heteroatoms. The molecule has 2 aliphatic rings. The Morgan fingerprint density at radius 2 is 2.00 bits per heavy atom. The maximum absolute atomic E-state index is 11.9. The van der Waals surface area contributed by atoms with E-state index in [1.54, 1.807) is 0 Å². The van der Waals surface area contributed by atoms with Gasteiger partial charge in [-0.2, -0.15) is 0 Å². The Kier molecular flexibility index (Phi) is 2.99. The van der Waals surface area contributed by atoms with E-state index in [1.807, 2.05) is 18.2 Å². The topological polar surface area (TPSA) is 64.0 Å². The molecule has 1 N–H and O–H groups in total. The van der Waals surface area contributed by atoms with Crippen LogP contribution in [0.25, 0.3) is 11.0 Å². The number of rotatable bonds is 3. The first-order valence-corrected chi connectivity index (χ1v) is 8.07. The molecule has 0 spiro atoms. The van der Waals surface area contributed by atoms with Gasteiger partial charge in [0.15, 0.2) is 5.16 Å². The molecule has 0 bridgehead atoms. The third-order valence-electron chi connectivity index (χ3n) is 3.91. The average molecular weight is 301 g/mol. The normalized spacial score (nSPS) is 22.6. The number of para-hydroxylation sites is 2. The van der Waals surface area contributed by atoms with Crippen molar-refractivity contribution < 1.29 is 9.59 Å². The van der Waals surface area contributed by atoms with Gasteiger partial charge in [-0.1, -0.05) is 23.9 Å². The molecular weight excluding hydrogens is 286 g/mol. The van der Waals surface area contributed by atoms with E-state index in [1.165, 1.54) is 24.6 Å². The average Bonchev–Trinajstić information content (AvgIpc) is 3.23. The highest BCUT2D eigenvalue weighted by atomic mass is 32.2. The van der Waals surface area contributed by atoms with E-state index in [2.05, 4.69) is 20.9 Å². The van der Waals surface area contributed by atoms with Crippen molar-refractivity contribution in [3.05, 3.63) is 24.3 Å². The largest absolute Gasteiger partial charge is 0.316 e. The summed E-state index contributed by atoms with van der Waals surface area (Å²) in [4.78, 5) is 27.8. The number of nitrogens with one attached hydrogen (secondary N) is 1. The minimum absolute atomic E-state index is 0.174. The van der Waals surface area contributed by atoms with E-state index < -0.39 is 0 Å². The highest BCUT2D eigenvalue weighted by Crippen LogP contribution is 2.42. The minimum Gasteiger partial charge on any atom is -0.316 e. The summed E-state index contributed by atoms with van der Waals surface area (Å²) in [6.45, 7) is 0. The lowest BCUT2D eigenvalue weighted by Gasteiger charge is -2.20. The molecule has 1 atom stereocenters. The first-order valence-electron chi connectivity index (χ1n) is 7.20. The molecular formula is C15H15N3O2S. The molecule has 1 saturated heterocycles. The van der Waals surface area contributed by atoms with Crippen LogP contribution in [0, 0.1) is 0 Å². The Bertz CT molecular complexity index is 736. The van der Waals surface area contributed by atoms with Crippen LogP contribution in [0.4, 0.5) is 0 Å². The number of benzene rings is 1. The summed E-state index contributed by atoms with van der Waals surface area (Å²) in [6, 6.07) is 8.59. The fraction of sp³-hybridized carbons (Fsp3) is 0.400. The molecule has 2 heterocycles. The Morgan fingerprint density at radius 3 is 2.76 bits per heavy atom. The number of hydrogen-bond donors (Lipinski definition) is 1. The zero-order valence-electron chi connectivity index (χ0n) is 11.4. The third kappa shape index (κ3) is 2.33. The maximum atomic E-state index is 11.9. The number of nitrogens with zero attached hydrogens (tertiary/aromatic N) is 2. The molecule has 0 radical (unpaired) electrons. The lowest BCUT2D eigenvalue weighted by Crippen LogP contribution is -2.42. The third-order valence-corrected chi connectivity index (χ3v) is 5.14. The van der Waals surface area contributed by atoms with E-state index in [0.29, 0.717) is 18.9 Å². The number of thioether (sulfide) groups is 1. The Hall–Kier alpha value is -1.82. The van der Waals surface area contributed by atoms with Gasteiger partial charge in [-0.3, -0.25) is 14.9 Å². The second-order valence-electron chi connectivity index (χ2n) is 5.54. The zero-order valence-corrected chi connectivity index (χ0v) is 12.2. The Labute approximate surface area is 126 Å². The first kappa shape index (κ1) is 12.9. The summed E-state index contributed by atoms with van der Waals surface area (Å²) in [7, 11) is 0. The van der Waals surface area contributed by atoms with Crippen molar-refractivity contribution in [1.82, 2.24) is 14.9 Å². The number of piperidine rings is 1. The minimum atomic E-state index is -0.225. The predicted molar refractivity (Wildman–Crippen MR) is 80.0 cm³/mol. The van der Waals surface area contributed by atoms with Crippen molar-refractivity contribution in [1.29, 1.82) is 0 Å². The number of aromatic nitrogens is 2. The van der Waals surface area contributed by atoms with Gasteiger partial charge in [0, 0.05) is 12.5 Å². The first-order chi connectivity index (χ1) is 10.2. The number of imidazole rings is 1. The number of carbonyl (C=O) groups excluding carboxylic acids is 2. The lowest BCUT2D eigenvalue weighted by molar-refractivity contribution is -0.132. The molecule has 4 rings (SSSR count). The van der Waals surface area contributed by atoms with E-state index >= 15 is 0 Å². The van der Waals surface area contributed by atoms with Gasteiger partial charge in [0.05, 0.1) is 16.3 Å². The Morgan fingerprint density at radius 1 is 1.19 bits per heavy atom. The molecule has 1 saturated carbocycles. The monoisotopic (exact) mass is 301 g/mol. The van der Waals surface area contributed by atoms with Crippen molar-refractivity contribution in [2.45, 2.75) is 42.1 Å². The second-order valence-corrected chi connectivity index (χ2v) is 6.71. The van der Waals surface area contributed by atoms with E-state index in [4.69, 9.17) is 0 Å². The highest BCUT2D eigenvalue weighted by molar-refractivity contribution is 8.00. The van der Waals surface area contributed by atoms with Gasteiger partial charge in [0.25, 0.3) is 0 Å². The van der Waals surface area contributed by atoms with E-state index in [9.17, 15) is 9.59 Å². The number of hydrogen-bond acceptors (Lipinski definition) is 4. The van der Waals surface area contributed by atoms with Crippen LogP contribution in [0.1, 0.15) is 31.7 Å². The van der Waals surface area contributed by atoms with Crippen LogP contribution in [0.2, 0.25) is 0 Å². The Balaban J connectivity index is 1.68. The molecule has 1 aliphatic heterocycles. The van der Waals surface area contributed by atoms with Gasteiger partial charge in [0.2, 0.25) is 11.8 Å². The number of amides is 2. The number of imide groups is 1. The van der Waals surface area contributed by atoms with Crippen LogP contribution in [0.15, 0.2) is 29.4 Å². The maximum Gasteiger partial charge on any atom is 0.240 e. The SMILES string of the molecule is O=C1CCC(Sc2nc3ccccc3n2C2CC2)C(=O)N1. The molecule has 5 nitrogen and oxygen atoms in total. The molecule has 1 aliphatic carbocycles. The second kappa shape index (κ2) is 4.87. The van der Waals surface area contributed by atoms with Gasteiger partial charge in [0.1, 0.15) is 0 Å². The van der Waals surface area contributed by atoms with Gasteiger partial charge in [-0.15, -0.1) is 0 Å². The van der Waals surface area contributed by atoms with Crippen LogP contribution in [-0.4, -0.2) is 26.6 Å². The van der Waals surface area contributed by atoms with Gasteiger partial charge >= 0.3 is 0 Å². The number of carbonyl (C=O) groups is 2. The molecule has 1 unspecified atom stereocenters. The summed E-state index contributed by atoms with van der Waals surface area (Å²) >= 11 is 1.48. The van der Waals surface area contributed by atoms with Crippen molar-refractivity contribution >= 4 is 34.6 Å². The van der Waals surface area contributed by atoms with Gasteiger partial charge < -0.3 is 4.57 Å².